The van der Waals surface area contributed by atoms with Crippen molar-refractivity contribution < 1.29 is 0 Å². The monoisotopic (exact) mass is 288 g/mol. The van der Waals surface area contributed by atoms with Gasteiger partial charge in [0.25, 0.3) is 0 Å². The van der Waals surface area contributed by atoms with Crippen LogP contribution < -0.4 is 5.32 Å². The van der Waals surface area contributed by atoms with Crippen LogP contribution in [0.25, 0.3) is 0 Å². The maximum absolute atomic E-state index is 3.79. The lowest BCUT2D eigenvalue weighted by atomic mass is 9.83. The average molecular weight is 288 g/mol. The Hall–Kier alpha value is -0.860. The summed E-state index contributed by atoms with van der Waals surface area (Å²) < 4.78 is 0. The Morgan fingerprint density at radius 3 is 2.24 bits per heavy atom. The summed E-state index contributed by atoms with van der Waals surface area (Å²) in [5.74, 6) is 0.671. The SMILES string of the molecule is CC(C)C1CNC(C(C)(C)C)CN1C(C)c1ccccc1. The second-order valence-corrected chi connectivity index (χ2v) is 7.92. The van der Waals surface area contributed by atoms with Gasteiger partial charge in [0.05, 0.1) is 0 Å². The lowest BCUT2D eigenvalue weighted by molar-refractivity contribution is 0.0340. The third kappa shape index (κ3) is 3.87. The normalized spacial score (nSPS) is 26.0. The van der Waals surface area contributed by atoms with Gasteiger partial charge in [0.15, 0.2) is 0 Å². The van der Waals surface area contributed by atoms with E-state index >= 15 is 0 Å². The fourth-order valence-electron chi connectivity index (χ4n) is 3.36. The van der Waals surface area contributed by atoms with E-state index in [0.717, 1.165) is 13.1 Å². The van der Waals surface area contributed by atoms with Crippen LogP contribution in [0.15, 0.2) is 30.3 Å². The highest BCUT2D eigenvalue weighted by molar-refractivity contribution is 5.19. The number of piperazine rings is 1. The van der Waals surface area contributed by atoms with Crippen molar-refractivity contribution in [3.63, 3.8) is 0 Å². The molecule has 1 fully saturated rings. The van der Waals surface area contributed by atoms with Crippen LogP contribution in [0, 0.1) is 11.3 Å². The summed E-state index contributed by atoms with van der Waals surface area (Å²) in [6.45, 7) is 16.3. The molecule has 0 aromatic heterocycles. The van der Waals surface area contributed by atoms with E-state index in [9.17, 15) is 0 Å². The van der Waals surface area contributed by atoms with Crippen LogP contribution in [-0.2, 0) is 0 Å². The van der Waals surface area contributed by atoms with Gasteiger partial charge in [-0.2, -0.15) is 0 Å². The molecule has 0 aliphatic carbocycles. The molecule has 1 aliphatic rings. The van der Waals surface area contributed by atoms with Crippen molar-refractivity contribution >= 4 is 0 Å². The topological polar surface area (TPSA) is 15.3 Å². The molecule has 0 spiro atoms. The van der Waals surface area contributed by atoms with Gasteiger partial charge in [0.1, 0.15) is 0 Å². The van der Waals surface area contributed by atoms with Crippen LogP contribution in [-0.4, -0.2) is 30.1 Å². The molecule has 2 rings (SSSR count). The first-order valence-electron chi connectivity index (χ1n) is 8.34. The molecule has 0 saturated carbocycles. The van der Waals surface area contributed by atoms with E-state index in [2.05, 4.69) is 82.1 Å². The van der Waals surface area contributed by atoms with Gasteiger partial charge in [0.2, 0.25) is 0 Å². The summed E-state index contributed by atoms with van der Waals surface area (Å²) in [5.41, 5.74) is 1.73. The third-order valence-corrected chi connectivity index (χ3v) is 4.99. The van der Waals surface area contributed by atoms with Gasteiger partial charge >= 0.3 is 0 Å². The average Bonchev–Trinajstić information content (AvgIpc) is 2.45. The van der Waals surface area contributed by atoms with Gasteiger partial charge in [-0.1, -0.05) is 65.0 Å². The maximum Gasteiger partial charge on any atom is 0.0324 e. The summed E-state index contributed by atoms with van der Waals surface area (Å²) in [5, 5.41) is 3.79. The van der Waals surface area contributed by atoms with Crippen molar-refractivity contribution in [2.75, 3.05) is 13.1 Å². The largest absolute Gasteiger partial charge is 0.311 e. The lowest BCUT2D eigenvalue weighted by Gasteiger charge is -2.49. The first-order chi connectivity index (χ1) is 9.80. The van der Waals surface area contributed by atoms with Crippen LogP contribution in [0.1, 0.15) is 53.1 Å². The van der Waals surface area contributed by atoms with E-state index in [1.807, 2.05) is 0 Å². The minimum atomic E-state index is 0.302. The maximum atomic E-state index is 3.79. The van der Waals surface area contributed by atoms with Crippen molar-refractivity contribution in [2.24, 2.45) is 11.3 Å². The molecule has 0 bridgehead atoms. The lowest BCUT2D eigenvalue weighted by Crippen LogP contribution is -2.61. The van der Waals surface area contributed by atoms with Gasteiger partial charge in [-0.05, 0) is 23.8 Å². The van der Waals surface area contributed by atoms with E-state index in [1.165, 1.54) is 5.56 Å². The number of rotatable bonds is 3. The summed E-state index contributed by atoms with van der Waals surface area (Å²) in [6, 6.07) is 12.6. The van der Waals surface area contributed by atoms with Gasteiger partial charge in [-0.15, -0.1) is 0 Å². The van der Waals surface area contributed by atoms with Gasteiger partial charge in [-0.25, -0.2) is 0 Å². The van der Waals surface area contributed by atoms with Crippen molar-refractivity contribution in [2.45, 2.75) is 59.7 Å². The van der Waals surface area contributed by atoms with E-state index in [-0.39, 0.29) is 0 Å². The van der Waals surface area contributed by atoms with E-state index in [0.29, 0.717) is 29.5 Å². The Bertz CT molecular complexity index is 433. The van der Waals surface area contributed by atoms with Crippen molar-refractivity contribution in [3.8, 4) is 0 Å². The van der Waals surface area contributed by atoms with Gasteiger partial charge in [-0.3, -0.25) is 4.90 Å². The smallest absolute Gasteiger partial charge is 0.0324 e. The standard InChI is InChI=1S/C19H32N2/c1-14(2)17-12-20-18(19(4,5)6)13-21(17)15(3)16-10-8-7-9-11-16/h7-11,14-15,17-18,20H,12-13H2,1-6H3. The molecule has 21 heavy (non-hydrogen) atoms. The molecule has 118 valence electrons. The molecule has 3 unspecified atom stereocenters. The third-order valence-electron chi connectivity index (χ3n) is 4.99. The Labute approximate surface area is 130 Å². The molecule has 1 aromatic carbocycles. The van der Waals surface area contributed by atoms with Crippen LogP contribution in [0.3, 0.4) is 0 Å². The summed E-state index contributed by atoms with van der Waals surface area (Å²) >= 11 is 0. The van der Waals surface area contributed by atoms with Gasteiger partial charge in [0, 0.05) is 31.2 Å². The molecule has 2 heteroatoms. The quantitative estimate of drug-likeness (QED) is 0.901. The number of nitrogens with zero attached hydrogens (tertiary/aromatic N) is 1. The summed E-state index contributed by atoms with van der Waals surface area (Å²) in [4.78, 5) is 2.71. The molecular formula is C19H32N2. The second kappa shape index (κ2) is 6.50. The minimum Gasteiger partial charge on any atom is -0.311 e. The van der Waals surface area contributed by atoms with Crippen LogP contribution in [0.2, 0.25) is 0 Å². The minimum absolute atomic E-state index is 0.302. The molecule has 1 aliphatic heterocycles. The van der Waals surface area contributed by atoms with Crippen LogP contribution in [0.4, 0.5) is 0 Å². The van der Waals surface area contributed by atoms with E-state index < -0.39 is 0 Å². The molecule has 1 saturated heterocycles. The van der Waals surface area contributed by atoms with E-state index in [1.54, 1.807) is 0 Å². The summed E-state index contributed by atoms with van der Waals surface area (Å²) in [7, 11) is 0. The van der Waals surface area contributed by atoms with Crippen LogP contribution >= 0.6 is 0 Å². The summed E-state index contributed by atoms with van der Waals surface area (Å²) in [6.07, 6.45) is 0. The Morgan fingerprint density at radius 2 is 1.71 bits per heavy atom. The van der Waals surface area contributed by atoms with Crippen molar-refractivity contribution in [1.29, 1.82) is 0 Å². The molecular weight excluding hydrogens is 256 g/mol. The fraction of sp³-hybridized carbons (Fsp3) is 0.684. The van der Waals surface area contributed by atoms with E-state index in [4.69, 9.17) is 0 Å². The Balaban J connectivity index is 2.22. The molecule has 2 nitrogen and oxygen atoms in total. The molecule has 1 N–H and O–H groups in total. The van der Waals surface area contributed by atoms with Gasteiger partial charge < -0.3 is 5.32 Å². The molecule has 0 amide bonds. The highest BCUT2D eigenvalue weighted by atomic mass is 15.3. The number of hydrogen-bond acceptors (Lipinski definition) is 2. The number of benzene rings is 1. The second-order valence-electron chi connectivity index (χ2n) is 7.92. The highest BCUT2D eigenvalue weighted by Crippen LogP contribution is 2.31. The highest BCUT2D eigenvalue weighted by Gasteiger charge is 2.37. The predicted molar refractivity (Wildman–Crippen MR) is 91.4 cm³/mol. The number of hydrogen-bond donors (Lipinski definition) is 1. The van der Waals surface area contributed by atoms with Crippen molar-refractivity contribution in [1.82, 2.24) is 10.2 Å². The first kappa shape index (κ1) is 16.5. The molecule has 3 atom stereocenters. The van der Waals surface area contributed by atoms with Crippen LogP contribution in [0.5, 0.6) is 0 Å². The zero-order valence-electron chi connectivity index (χ0n) is 14.6. The Kier molecular flexibility index (Phi) is 5.11. The zero-order valence-corrected chi connectivity index (χ0v) is 14.6. The van der Waals surface area contributed by atoms with Crippen molar-refractivity contribution in [3.05, 3.63) is 35.9 Å². The molecule has 0 radical (unpaired) electrons. The molecule has 1 aromatic rings. The Morgan fingerprint density at radius 1 is 1.10 bits per heavy atom. The molecule has 1 heterocycles. The predicted octanol–water partition coefficient (Wildman–Crippen LogP) is 4.09. The first-order valence-corrected chi connectivity index (χ1v) is 8.34. The fourth-order valence-corrected chi connectivity index (χ4v) is 3.36. The number of nitrogens with one attached hydrogen (secondary N) is 1. The zero-order chi connectivity index (χ0) is 15.6.